The highest BCUT2D eigenvalue weighted by Crippen LogP contribution is 2.21. The van der Waals surface area contributed by atoms with Crippen molar-refractivity contribution < 1.29 is 4.79 Å². The zero-order chi connectivity index (χ0) is 13.8. The van der Waals surface area contributed by atoms with Gasteiger partial charge in [-0.25, -0.2) is 0 Å². The zero-order valence-electron chi connectivity index (χ0n) is 10.3. The molecule has 100 valence electrons. The summed E-state index contributed by atoms with van der Waals surface area (Å²) in [4.78, 5) is 27.2. The summed E-state index contributed by atoms with van der Waals surface area (Å²) in [5.74, 6) is -0.336. The molecule has 0 aliphatic carbocycles. The molecule has 0 saturated heterocycles. The van der Waals surface area contributed by atoms with E-state index in [0.29, 0.717) is 6.54 Å². The zero-order valence-corrected chi connectivity index (χ0v) is 12.7. The summed E-state index contributed by atoms with van der Waals surface area (Å²) in [5.41, 5.74) is 0.541. The molecule has 0 spiro atoms. The van der Waals surface area contributed by atoms with Crippen LogP contribution in [-0.4, -0.2) is 17.4 Å². The van der Waals surface area contributed by atoms with Gasteiger partial charge < -0.3 is 10.3 Å². The van der Waals surface area contributed by atoms with Gasteiger partial charge >= 0.3 is 0 Å². The molecule has 2 N–H and O–H groups in total. The van der Waals surface area contributed by atoms with Gasteiger partial charge in [-0.15, -0.1) is 11.3 Å². The number of aryl methyl sites for hydroxylation is 1. The highest BCUT2D eigenvalue weighted by molar-refractivity contribution is 9.11. The summed E-state index contributed by atoms with van der Waals surface area (Å²) in [5, 5.41) is 2.75. The average molecular weight is 341 g/mol. The number of thiophene rings is 1. The van der Waals surface area contributed by atoms with Crippen LogP contribution in [0.3, 0.4) is 0 Å². The molecule has 0 aliphatic rings. The maximum absolute atomic E-state index is 11.8. The van der Waals surface area contributed by atoms with Crippen LogP contribution in [0.1, 0.15) is 20.9 Å². The lowest BCUT2D eigenvalue weighted by Gasteiger charge is -2.04. The van der Waals surface area contributed by atoms with Crippen LogP contribution in [0.5, 0.6) is 0 Å². The number of aromatic amines is 1. The number of carbonyl (C=O) groups excluding carboxylic acids is 1. The summed E-state index contributed by atoms with van der Waals surface area (Å²) >= 11 is 5.03. The van der Waals surface area contributed by atoms with E-state index in [1.165, 1.54) is 4.88 Å². The lowest BCUT2D eigenvalue weighted by molar-refractivity contribution is 0.0952. The number of pyridine rings is 1. The molecule has 0 radical (unpaired) electrons. The van der Waals surface area contributed by atoms with Gasteiger partial charge in [0.1, 0.15) is 5.56 Å². The van der Waals surface area contributed by atoms with Gasteiger partial charge in [0.25, 0.3) is 11.5 Å². The highest BCUT2D eigenvalue weighted by atomic mass is 79.9. The van der Waals surface area contributed by atoms with Gasteiger partial charge in [-0.05, 0) is 53.5 Å². The van der Waals surface area contributed by atoms with E-state index in [0.717, 1.165) is 15.9 Å². The number of hydrogen-bond donors (Lipinski definition) is 2. The van der Waals surface area contributed by atoms with Crippen LogP contribution in [0.4, 0.5) is 0 Å². The quantitative estimate of drug-likeness (QED) is 0.898. The molecule has 0 aliphatic heterocycles. The first kappa shape index (κ1) is 14.0. The number of hydrogen-bond acceptors (Lipinski definition) is 3. The summed E-state index contributed by atoms with van der Waals surface area (Å²) in [6, 6.07) is 7.25. The minimum absolute atomic E-state index is 0.151. The van der Waals surface area contributed by atoms with Crippen molar-refractivity contribution in [3.8, 4) is 0 Å². The van der Waals surface area contributed by atoms with Crippen LogP contribution in [-0.2, 0) is 6.42 Å². The molecule has 0 aromatic carbocycles. The predicted molar refractivity (Wildman–Crippen MR) is 79.9 cm³/mol. The fourth-order valence-electron chi connectivity index (χ4n) is 1.63. The third-order valence-corrected chi connectivity index (χ3v) is 4.27. The monoisotopic (exact) mass is 340 g/mol. The summed E-state index contributed by atoms with van der Waals surface area (Å²) in [6.07, 6.45) is 0.756. The largest absolute Gasteiger partial charge is 0.352 e. The molecule has 2 rings (SSSR count). The molecule has 0 saturated carbocycles. The van der Waals surface area contributed by atoms with Crippen molar-refractivity contribution in [1.29, 1.82) is 0 Å². The predicted octanol–water partition coefficient (Wildman–Crippen LogP) is 2.48. The molecular weight excluding hydrogens is 328 g/mol. The fraction of sp³-hybridized carbons (Fsp3) is 0.231. The third kappa shape index (κ3) is 3.78. The Hall–Kier alpha value is -1.40. The van der Waals surface area contributed by atoms with Crippen LogP contribution >= 0.6 is 27.3 Å². The lowest BCUT2D eigenvalue weighted by Crippen LogP contribution is -2.31. The second-order valence-electron chi connectivity index (χ2n) is 4.10. The fourth-order valence-corrected chi connectivity index (χ4v) is 3.11. The molecule has 0 fully saturated rings. The Bertz CT molecular complexity index is 648. The normalized spacial score (nSPS) is 10.4. The van der Waals surface area contributed by atoms with E-state index < -0.39 is 0 Å². The van der Waals surface area contributed by atoms with Crippen LogP contribution in [0.2, 0.25) is 0 Å². The van der Waals surface area contributed by atoms with Crippen LogP contribution < -0.4 is 10.9 Å². The van der Waals surface area contributed by atoms with Crippen molar-refractivity contribution in [2.75, 3.05) is 6.54 Å². The van der Waals surface area contributed by atoms with E-state index in [2.05, 4.69) is 26.2 Å². The number of carbonyl (C=O) groups is 1. The van der Waals surface area contributed by atoms with Gasteiger partial charge in [0.05, 0.1) is 3.79 Å². The molecule has 4 nitrogen and oxygen atoms in total. The second-order valence-corrected chi connectivity index (χ2v) is 6.64. The third-order valence-electron chi connectivity index (χ3n) is 2.59. The first-order valence-electron chi connectivity index (χ1n) is 5.78. The standard InChI is InChI=1S/C13H13BrN2O2S/c1-8-2-4-10(13(18)16-8)12(17)15-7-6-9-3-5-11(14)19-9/h2-5H,6-7H2,1H3,(H,15,17)(H,16,18). The molecule has 2 aromatic rings. The SMILES string of the molecule is Cc1ccc(C(=O)NCCc2ccc(Br)s2)c(=O)[nH]1. The van der Waals surface area contributed by atoms with Gasteiger partial charge in [-0.1, -0.05) is 0 Å². The molecule has 2 aromatic heterocycles. The summed E-state index contributed by atoms with van der Waals surface area (Å²) < 4.78 is 1.07. The first-order chi connectivity index (χ1) is 9.06. The molecular formula is C13H13BrN2O2S. The number of nitrogens with one attached hydrogen (secondary N) is 2. The van der Waals surface area contributed by atoms with E-state index in [1.54, 1.807) is 30.4 Å². The Labute approximate surface area is 123 Å². The van der Waals surface area contributed by atoms with E-state index in [9.17, 15) is 9.59 Å². The first-order valence-corrected chi connectivity index (χ1v) is 7.39. The summed E-state index contributed by atoms with van der Waals surface area (Å²) in [7, 11) is 0. The minimum Gasteiger partial charge on any atom is -0.352 e. The van der Waals surface area contributed by atoms with Crippen molar-refractivity contribution in [2.24, 2.45) is 0 Å². The Balaban J connectivity index is 1.92. The van der Waals surface area contributed by atoms with Gasteiger partial charge in [-0.2, -0.15) is 0 Å². The van der Waals surface area contributed by atoms with E-state index in [-0.39, 0.29) is 17.0 Å². The molecule has 1 amide bonds. The smallest absolute Gasteiger partial charge is 0.260 e. The number of rotatable bonds is 4. The molecule has 0 atom stereocenters. The lowest BCUT2D eigenvalue weighted by atomic mass is 10.2. The van der Waals surface area contributed by atoms with E-state index in [1.807, 2.05) is 12.1 Å². The van der Waals surface area contributed by atoms with E-state index >= 15 is 0 Å². The van der Waals surface area contributed by atoms with Crippen molar-refractivity contribution in [1.82, 2.24) is 10.3 Å². The second kappa shape index (κ2) is 6.16. The van der Waals surface area contributed by atoms with E-state index in [4.69, 9.17) is 0 Å². The highest BCUT2D eigenvalue weighted by Gasteiger charge is 2.09. The van der Waals surface area contributed by atoms with Crippen molar-refractivity contribution >= 4 is 33.2 Å². The molecule has 0 bridgehead atoms. The van der Waals surface area contributed by atoms with Crippen LogP contribution in [0.15, 0.2) is 32.8 Å². The van der Waals surface area contributed by atoms with Crippen molar-refractivity contribution in [3.63, 3.8) is 0 Å². The molecule has 19 heavy (non-hydrogen) atoms. The number of amides is 1. The molecule has 2 heterocycles. The number of halogens is 1. The Morgan fingerprint density at radius 1 is 1.37 bits per heavy atom. The van der Waals surface area contributed by atoms with Crippen molar-refractivity contribution in [2.45, 2.75) is 13.3 Å². The van der Waals surface area contributed by atoms with Crippen LogP contribution in [0, 0.1) is 6.92 Å². The van der Waals surface area contributed by atoms with Gasteiger partial charge in [-0.3, -0.25) is 9.59 Å². The maximum Gasteiger partial charge on any atom is 0.260 e. The Morgan fingerprint density at radius 2 is 2.16 bits per heavy atom. The van der Waals surface area contributed by atoms with Gasteiger partial charge in [0, 0.05) is 17.1 Å². The molecule has 0 unspecified atom stereocenters. The number of aromatic nitrogens is 1. The average Bonchev–Trinajstić information content (AvgIpc) is 2.75. The Kier molecular flexibility index (Phi) is 4.55. The van der Waals surface area contributed by atoms with Crippen LogP contribution in [0.25, 0.3) is 0 Å². The minimum atomic E-state index is -0.351. The topological polar surface area (TPSA) is 62.0 Å². The van der Waals surface area contributed by atoms with Gasteiger partial charge in [0.2, 0.25) is 0 Å². The summed E-state index contributed by atoms with van der Waals surface area (Å²) in [6.45, 7) is 2.29. The maximum atomic E-state index is 11.8. The number of H-pyrrole nitrogens is 1. The molecule has 6 heteroatoms. The Morgan fingerprint density at radius 3 is 2.79 bits per heavy atom. The van der Waals surface area contributed by atoms with Crippen molar-refractivity contribution in [3.05, 3.63) is 54.5 Å². The van der Waals surface area contributed by atoms with Gasteiger partial charge in [0.15, 0.2) is 0 Å².